The van der Waals surface area contributed by atoms with Gasteiger partial charge in [0.2, 0.25) is 0 Å². The molecule has 4 heteroatoms. The summed E-state index contributed by atoms with van der Waals surface area (Å²) in [6.45, 7) is 2.02. The monoisotopic (exact) mass is 294 g/mol. The van der Waals surface area contributed by atoms with Crippen LogP contribution in [0.4, 0.5) is 0 Å². The summed E-state index contributed by atoms with van der Waals surface area (Å²) in [5.41, 5.74) is 5.40. The number of nitrogens with zero attached hydrogens (tertiary/aromatic N) is 1. The van der Waals surface area contributed by atoms with Gasteiger partial charge in [0.1, 0.15) is 5.75 Å². The van der Waals surface area contributed by atoms with Crippen molar-refractivity contribution in [2.45, 2.75) is 6.92 Å². The normalized spacial score (nSPS) is 11.0. The Bertz CT molecular complexity index is 688. The number of methoxy groups -OCH3 is 1. The van der Waals surface area contributed by atoms with Gasteiger partial charge in [0.05, 0.1) is 13.3 Å². The smallest absolute Gasteiger partial charge is 0.264 e. The summed E-state index contributed by atoms with van der Waals surface area (Å²) in [7, 11) is 1.59. The predicted octanol–water partition coefficient (Wildman–Crippen LogP) is 3.17. The maximum absolute atomic E-state index is 11.7. The van der Waals surface area contributed by atoms with Crippen LogP contribution in [0.15, 0.2) is 59.7 Å². The number of hydrogen-bond donors (Lipinski definition) is 1. The van der Waals surface area contributed by atoms with E-state index >= 15 is 0 Å². The second kappa shape index (κ2) is 7.78. The van der Waals surface area contributed by atoms with Crippen LogP contribution in [-0.2, 0) is 4.79 Å². The van der Waals surface area contributed by atoms with Crippen molar-refractivity contribution < 1.29 is 9.53 Å². The van der Waals surface area contributed by atoms with Gasteiger partial charge in [-0.1, -0.05) is 42.0 Å². The second-order valence-corrected chi connectivity index (χ2v) is 4.72. The quantitative estimate of drug-likeness (QED) is 0.523. The molecule has 2 rings (SSSR count). The first-order chi connectivity index (χ1) is 10.7. The van der Waals surface area contributed by atoms with Crippen LogP contribution in [0.3, 0.4) is 0 Å². The Morgan fingerprint density at radius 3 is 2.59 bits per heavy atom. The van der Waals surface area contributed by atoms with Gasteiger partial charge in [-0.3, -0.25) is 4.79 Å². The molecule has 0 fully saturated rings. The predicted molar refractivity (Wildman–Crippen MR) is 88.9 cm³/mol. The Morgan fingerprint density at radius 2 is 1.86 bits per heavy atom. The van der Waals surface area contributed by atoms with E-state index in [4.69, 9.17) is 4.74 Å². The van der Waals surface area contributed by atoms with Gasteiger partial charge < -0.3 is 4.74 Å². The van der Waals surface area contributed by atoms with Crippen LogP contribution in [0.1, 0.15) is 16.7 Å². The molecule has 0 aromatic heterocycles. The molecule has 0 aliphatic carbocycles. The molecule has 0 spiro atoms. The zero-order valence-electron chi connectivity index (χ0n) is 12.6. The fourth-order valence-electron chi connectivity index (χ4n) is 1.83. The van der Waals surface area contributed by atoms with Gasteiger partial charge in [0, 0.05) is 11.6 Å². The van der Waals surface area contributed by atoms with E-state index in [1.54, 1.807) is 19.4 Å². The Balaban J connectivity index is 1.92. The lowest BCUT2D eigenvalue weighted by atomic mass is 10.1. The molecule has 4 nitrogen and oxygen atoms in total. The summed E-state index contributed by atoms with van der Waals surface area (Å²) in [6.07, 6.45) is 4.74. The lowest BCUT2D eigenvalue weighted by Gasteiger charge is -2.02. The van der Waals surface area contributed by atoms with Crippen molar-refractivity contribution in [3.05, 3.63) is 71.3 Å². The number of benzene rings is 2. The highest BCUT2D eigenvalue weighted by Crippen LogP contribution is 2.14. The molecule has 0 aliphatic heterocycles. The van der Waals surface area contributed by atoms with Crippen LogP contribution >= 0.6 is 0 Å². The maximum Gasteiger partial charge on any atom is 0.264 e. The average Bonchev–Trinajstić information content (AvgIpc) is 2.55. The molecular formula is C18H18N2O2. The van der Waals surface area contributed by atoms with Crippen LogP contribution in [0.2, 0.25) is 0 Å². The fourth-order valence-corrected chi connectivity index (χ4v) is 1.83. The van der Waals surface area contributed by atoms with Crippen molar-refractivity contribution in [1.29, 1.82) is 0 Å². The first-order valence-corrected chi connectivity index (χ1v) is 6.90. The Kier molecular flexibility index (Phi) is 5.49. The summed E-state index contributed by atoms with van der Waals surface area (Å²) in [5.74, 6) is 0.419. The van der Waals surface area contributed by atoms with E-state index in [9.17, 15) is 4.79 Å². The van der Waals surface area contributed by atoms with Gasteiger partial charge in [-0.25, -0.2) is 5.43 Å². The van der Waals surface area contributed by atoms with Crippen molar-refractivity contribution in [3.63, 3.8) is 0 Å². The summed E-state index contributed by atoms with van der Waals surface area (Å²) in [4.78, 5) is 11.7. The molecule has 22 heavy (non-hydrogen) atoms. The molecule has 0 unspecified atom stereocenters. The fraction of sp³-hybridized carbons (Fsp3) is 0.111. The van der Waals surface area contributed by atoms with Crippen molar-refractivity contribution in [1.82, 2.24) is 5.43 Å². The maximum atomic E-state index is 11.7. The van der Waals surface area contributed by atoms with E-state index in [-0.39, 0.29) is 5.91 Å². The number of aryl methyl sites for hydroxylation is 1. The number of amides is 1. The summed E-state index contributed by atoms with van der Waals surface area (Å²) < 4.78 is 5.20. The molecule has 0 aliphatic rings. The second-order valence-electron chi connectivity index (χ2n) is 4.72. The number of hydrazone groups is 1. The zero-order chi connectivity index (χ0) is 15.8. The minimum absolute atomic E-state index is 0.285. The van der Waals surface area contributed by atoms with Gasteiger partial charge >= 0.3 is 0 Å². The number of para-hydroxylation sites is 1. The number of rotatable bonds is 5. The van der Waals surface area contributed by atoms with E-state index < -0.39 is 0 Å². The Hall–Kier alpha value is -2.88. The average molecular weight is 294 g/mol. The lowest BCUT2D eigenvalue weighted by molar-refractivity contribution is -0.116. The zero-order valence-corrected chi connectivity index (χ0v) is 12.6. The molecule has 1 N–H and O–H groups in total. The van der Waals surface area contributed by atoms with Gasteiger partial charge in [0.25, 0.3) is 5.91 Å². The Labute approximate surface area is 130 Å². The van der Waals surface area contributed by atoms with Crippen LogP contribution in [0.5, 0.6) is 5.75 Å². The third-order valence-corrected chi connectivity index (χ3v) is 3.02. The highest BCUT2D eigenvalue weighted by atomic mass is 16.5. The highest BCUT2D eigenvalue weighted by Gasteiger charge is 1.98. The van der Waals surface area contributed by atoms with Gasteiger partial charge in [-0.15, -0.1) is 0 Å². The van der Waals surface area contributed by atoms with Crippen LogP contribution < -0.4 is 10.2 Å². The minimum atomic E-state index is -0.285. The SMILES string of the molecule is COc1ccccc1C=NNC(=O)C=Cc1ccc(C)cc1. The largest absolute Gasteiger partial charge is 0.496 e. The van der Waals surface area contributed by atoms with E-state index in [1.807, 2.05) is 55.5 Å². The number of carbonyl (C=O) groups excluding carboxylic acids is 1. The number of carbonyl (C=O) groups is 1. The molecule has 2 aromatic rings. The molecule has 0 saturated carbocycles. The number of nitrogens with one attached hydrogen (secondary N) is 1. The summed E-state index contributed by atoms with van der Waals surface area (Å²) >= 11 is 0. The van der Waals surface area contributed by atoms with Crippen molar-refractivity contribution in [2.24, 2.45) is 5.10 Å². The van der Waals surface area contributed by atoms with Crippen LogP contribution in [0, 0.1) is 6.92 Å². The molecule has 112 valence electrons. The van der Waals surface area contributed by atoms with Crippen LogP contribution in [-0.4, -0.2) is 19.2 Å². The van der Waals surface area contributed by atoms with Gasteiger partial charge in [-0.2, -0.15) is 5.10 Å². The molecule has 1 amide bonds. The molecule has 2 aromatic carbocycles. The van der Waals surface area contributed by atoms with E-state index in [0.717, 1.165) is 11.1 Å². The van der Waals surface area contributed by atoms with Crippen molar-refractivity contribution >= 4 is 18.2 Å². The van der Waals surface area contributed by atoms with E-state index in [1.165, 1.54) is 11.6 Å². The van der Waals surface area contributed by atoms with E-state index in [0.29, 0.717) is 5.75 Å². The standard InChI is InChI=1S/C18H18N2O2/c1-14-7-9-15(10-8-14)11-12-18(21)20-19-13-16-5-3-4-6-17(16)22-2/h3-13H,1-2H3,(H,20,21). The first-order valence-electron chi connectivity index (χ1n) is 6.90. The summed E-state index contributed by atoms with van der Waals surface area (Å²) in [6, 6.07) is 15.3. The first kappa shape index (κ1) is 15.5. The topological polar surface area (TPSA) is 50.7 Å². The third-order valence-electron chi connectivity index (χ3n) is 3.02. The number of hydrogen-bond acceptors (Lipinski definition) is 3. The molecule has 0 atom stereocenters. The van der Waals surface area contributed by atoms with E-state index in [2.05, 4.69) is 10.5 Å². The molecule has 0 bridgehead atoms. The summed E-state index contributed by atoms with van der Waals surface area (Å²) in [5, 5.41) is 3.92. The molecule has 0 heterocycles. The van der Waals surface area contributed by atoms with Gasteiger partial charge in [-0.05, 0) is 30.7 Å². The molecule has 0 radical (unpaired) electrons. The molecular weight excluding hydrogens is 276 g/mol. The van der Waals surface area contributed by atoms with Crippen molar-refractivity contribution in [2.75, 3.05) is 7.11 Å². The minimum Gasteiger partial charge on any atom is -0.496 e. The van der Waals surface area contributed by atoms with Crippen molar-refractivity contribution in [3.8, 4) is 5.75 Å². The van der Waals surface area contributed by atoms with Gasteiger partial charge in [0.15, 0.2) is 0 Å². The molecule has 0 saturated heterocycles. The third kappa shape index (κ3) is 4.59. The highest BCUT2D eigenvalue weighted by molar-refractivity contribution is 5.92. The Morgan fingerprint density at radius 1 is 1.14 bits per heavy atom. The lowest BCUT2D eigenvalue weighted by Crippen LogP contribution is -2.14. The van der Waals surface area contributed by atoms with Crippen LogP contribution in [0.25, 0.3) is 6.08 Å². The number of ether oxygens (including phenoxy) is 1.